The minimum Gasteiger partial charge on any atom is -0.310 e. The zero-order valence-electron chi connectivity index (χ0n) is 7.49. The van der Waals surface area contributed by atoms with Gasteiger partial charge in [0.2, 0.25) is 0 Å². The molecule has 1 aromatic carbocycles. The first-order valence-corrected chi connectivity index (χ1v) is 5.32. The molecule has 0 saturated carbocycles. The molecule has 1 saturated heterocycles. The van der Waals surface area contributed by atoms with E-state index in [0.717, 1.165) is 24.9 Å². The third-order valence-electron chi connectivity index (χ3n) is 2.48. The minimum atomic E-state index is -0.460. The van der Waals surface area contributed by atoms with Crippen LogP contribution in [0.4, 0.5) is 4.39 Å². The molecule has 1 unspecified atom stereocenters. The van der Waals surface area contributed by atoms with Gasteiger partial charge in [-0.05, 0) is 37.1 Å². The summed E-state index contributed by atoms with van der Waals surface area (Å²) in [4.78, 5) is 0. The summed E-state index contributed by atoms with van der Waals surface area (Å²) in [6.45, 7) is 0.982. The summed E-state index contributed by atoms with van der Waals surface area (Å²) in [5.41, 5.74) is 0.899. The number of rotatable bonds is 1. The van der Waals surface area contributed by atoms with Crippen molar-refractivity contribution in [2.45, 2.75) is 18.9 Å². The number of nitrogens with one attached hydrogen (secondary N) is 1. The summed E-state index contributed by atoms with van der Waals surface area (Å²) in [6.07, 6.45) is 2.15. The molecule has 4 heteroatoms. The Kier molecular flexibility index (Phi) is 2.96. The monoisotopic (exact) mass is 233 g/mol. The van der Waals surface area contributed by atoms with Crippen LogP contribution in [0.3, 0.4) is 0 Å². The highest BCUT2D eigenvalue weighted by molar-refractivity contribution is 6.33. The molecule has 1 atom stereocenters. The van der Waals surface area contributed by atoms with E-state index in [9.17, 15) is 4.39 Å². The quantitative estimate of drug-likeness (QED) is 0.732. The summed E-state index contributed by atoms with van der Waals surface area (Å²) in [5.74, 6) is -0.460. The second kappa shape index (κ2) is 4.05. The van der Waals surface area contributed by atoms with Crippen LogP contribution in [0.25, 0.3) is 0 Å². The van der Waals surface area contributed by atoms with Gasteiger partial charge in [-0.1, -0.05) is 23.2 Å². The Hall–Kier alpha value is -0.310. The summed E-state index contributed by atoms with van der Waals surface area (Å²) >= 11 is 11.6. The van der Waals surface area contributed by atoms with Gasteiger partial charge in [-0.15, -0.1) is 0 Å². The van der Waals surface area contributed by atoms with Crippen molar-refractivity contribution >= 4 is 23.2 Å². The van der Waals surface area contributed by atoms with Gasteiger partial charge in [0, 0.05) is 11.1 Å². The Balaban J connectivity index is 2.37. The Morgan fingerprint density at radius 1 is 1.29 bits per heavy atom. The lowest BCUT2D eigenvalue weighted by atomic mass is 10.1. The van der Waals surface area contributed by atoms with E-state index < -0.39 is 5.82 Å². The fourth-order valence-electron chi connectivity index (χ4n) is 1.75. The number of halogens is 3. The molecule has 2 rings (SSSR count). The van der Waals surface area contributed by atoms with E-state index in [1.165, 1.54) is 6.07 Å². The van der Waals surface area contributed by atoms with E-state index in [0.29, 0.717) is 5.02 Å². The van der Waals surface area contributed by atoms with Crippen LogP contribution < -0.4 is 5.32 Å². The molecular formula is C10H10Cl2FN. The average Bonchev–Trinajstić information content (AvgIpc) is 2.64. The molecule has 14 heavy (non-hydrogen) atoms. The Morgan fingerprint density at radius 2 is 2.07 bits per heavy atom. The van der Waals surface area contributed by atoms with Crippen LogP contribution in [0.1, 0.15) is 24.4 Å². The van der Waals surface area contributed by atoms with Gasteiger partial charge in [0.15, 0.2) is 0 Å². The highest BCUT2D eigenvalue weighted by Crippen LogP contribution is 2.32. The first-order valence-electron chi connectivity index (χ1n) is 4.56. The molecule has 0 aliphatic carbocycles. The zero-order valence-corrected chi connectivity index (χ0v) is 9.00. The molecule has 0 spiro atoms. The molecule has 1 aliphatic rings. The van der Waals surface area contributed by atoms with Crippen LogP contribution in [-0.2, 0) is 0 Å². The summed E-state index contributed by atoms with van der Waals surface area (Å²) < 4.78 is 13.0. The summed E-state index contributed by atoms with van der Waals surface area (Å²) in [7, 11) is 0. The van der Waals surface area contributed by atoms with Crippen molar-refractivity contribution in [2.24, 2.45) is 0 Å². The molecular weight excluding hydrogens is 224 g/mol. The highest BCUT2D eigenvalue weighted by atomic mass is 35.5. The largest absolute Gasteiger partial charge is 0.310 e. The van der Waals surface area contributed by atoms with Gasteiger partial charge < -0.3 is 5.32 Å². The number of hydrogen-bond donors (Lipinski definition) is 1. The summed E-state index contributed by atoms with van der Waals surface area (Å²) in [6, 6.07) is 3.11. The van der Waals surface area contributed by atoms with Crippen LogP contribution in [0.2, 0.25) is 10.0 Å². The number of benzene rings is 1. The molecule has 1 heterocycles. The van der Waals surface area contributed by atoms with Crippen LogP contribution in [0.15, 0.2) is 12.1 Å². The molecule has 1 aliphatic heterocycles. The van der Waals surface area contributed by atoms with E-state index in [-0.39, 0.29) is 11.1 Å². The lowest BCUT2D eigenvalue weighted by molar-refractivity contribution is 0.618. The molecule has 0 radical (unpaired) electrons. The van der Waals surface area contributed by atoms with E-state index in [4.69, 9.17) is 23.2 Å². The van der Waals surface area contributed by atoms with Crippen LogP contribution >= 0.6 is 23.2 Å². The highest BCUT2D eigenvalue weighted by Gasteiger charge is 2.20. The van der Waals surface area contributed by atoms with Crippen molar-refractivity contribution in [3.8, 4) is 0 Å². The first-order chi connectivity index (χ1) is 6.68. The second-order valence-electron chi connectivity index (χ2n) is 3.44. The Morgan fingerprint density at radius 3 is 2.71 bits per heavy atom. The topological polar surface area (TPSA) is 12.0 Å². The van der Waals surface area contributed by atoms with E-state index in [2.05, 4.69) is 5.32 Å². The van der Waals surface area contributed by atoms with Crippen molar-refractivity contribution in [3.63, 3.8) is 0 Å². The van der Waals surface area contributed by atoms with E-state index in [1.807, 2.05) is 0 Å². The average molecular weight is 234 g/mol. The van der Waals surface area contributed by atoms with Crippen LogP contribution in [-0.4, -0.2) is 6.54 Å². The lowest BCUT2D eigenvalue weighted by Gasteiger charge is -2.13. The fourth-order valence-corrected chi connectivity index (χ4v) is 2.21. The molecule has 0 bridgehead atoms. The van der Waals surface area contributed by atoms with Crippen molar-refractivity contribution in [2.75, 3.05) is 6.54 Å². The molecule has 1 nitrogen and oxygen atoms in total. The third-order valence-corrected chi connectivity index (χ3v) is 3.09. The van der Waals surface area contributed by atoms with Gasteiger partial charge >= 0.3 is 0 Å². The Labute approximate surface area is 92.2 Å². The standard InChI is InChI=1S/C10H10Cl2FN/c11-7-5-9(13)8(12)4-6(7)10-2-1-3-14-10/h4-5,10,14H,1-3H2. The lowest BCUT2D eigenvalue weighted by Crippen LogP contribution is -2.13. The second-order valence-corrected chi connectivity index (χ2v) is 4.25. The molecule has 1 N–H and O–H groups in total. The predicted octanol–water partition coefficient (Wildman–Crippen LogP) is 3.56. The zero-order chi connectivity index (χ0) is 10.1. The SMILES string of the molecule is Fc1cc(Cl)c(C2CCCN2)cc1Cl. The predicted molar refractivity (Wildman–Crippen MR) is 56.4 cm³/mol. The first kappa shape index (κ1) is 10.2. The van der Waals surface area contributed by atoms with Gasteiger partial charge in [-0.25, -0.2) is 4.39 Å². The molecule has 0 aromatic heterocycles. The van der Waals surface area contributed by atoms with Crippen molar-refractivity contribution < 1.29 is 4.39 Å². The Bertz CT molecular complexity index is 348. The smallest absolute Gasteiger partial charge is 0.143 e. The van der Waals surface area contributed by atoms with Gasteiger partial charge in [-0.3, -0.25) is 0 Å². The van der Waals surface area contributed by atoms with Gasteiger partial charge in [-0.2, -0.15) is 0 Å². The van der Waals surface area contributed by atoms with Gasteiger partial charge in [0.1, 0.15) is 5.82 Å². The van der Waals surface area contributed by atoms with E-state index in [1.54, 1.807) is 6.07 Å². The van der Waals surface area contributed by atoms with Gasteiger partial charge in [0.25, 0.3) is 0 Å². The summed E-state index contributed by atoms with van der Waals surface area (Å²) in [5, 5.41) is 3.88. The van der Waals surface area contributed by atoms with Crippen molar-refractivity contribution in [1.82, 2.24) is 5.32 Å². The van der Waals surface area contributed by atoms with Crippen LogP contribution in [0.5, 0.6) is 0 Å². The fraction of sp³-hybridized carbons (Fsp3) is 0.400. The maximum atomic E-state index is 13.0. The molecule has 0 amide bonds. The van der Waals surface area contributed by atoms with Crippen molar-refractivity contribution in [3.05, 3.63) is 33.6 Å². The number of hydrogen-bond acceptors (Lipinski definition) is 1. The normalized spacial score (nSPS) is 21.5. The molecule has 1 aromatic rings. The maximum absolute atomic E-state index is 13.0. The molecule has 76 valence electrons. The van der Waals surface area contributed by atoms with Crippen LogP contribution in [0, 0.1) is 5.82 Å². The third kappa shape index (κ3) is 1.88. The van der Waals surface area contributed by atoms with E-state index >= 15 is 0 Å². The minimum absolute atomic E-state index is 0.137. The molecule has 1 fully saturated rings. The van der Waals surface area contributed by atoms with Crippen molar-refractivity contribution in [1.29, 1.82) is 0 Å². The maximum Gasteiger partial charge on any atom is 0.143 e. The van der Waals surface area contributed by atoms with Gasteiger partial charge in [0.05, 0.1) is 5.02 Å².